The van der Waals surface area contributed by atoms with Crippen LogP contribution >= 0.6 is 0 Å². The van der Waals surface area contributed by atoms with Gasteiger partial charge in [-0.15, -0.1) is 0 Å². The van der Waals surface area contributed by atoms with Crippen LogP contribution in [0.4, 0.5) is 0 Å². The van der Waals surface area contributed by atoms with E-state index in [4.69, 9.17) is 19.3 Å². The van der Waals surface area contributed by atoms with E-state index < -0.39 is 0 Å². The largest absolute Gasteiger partial charge is 0.394 e. The maximum Gasteiger partial charge on any atom is 0.0781 e. The molecule has 17 heavy (non-hydrogen) atoms. The lowest BCUT2D eigenvalue weighted by Gasteiger charge is -2.18. The summed E-state index contributed by atoms with van der Waals surface area (Å²) in [6.45, 7) is 6.81. The van der Waals surface area contributed by atoms with Crippen molar-refractivity contribution in [1.82, 2.24) is 0 Å². The molecule has 3 atom stereocenters. The molecule has 1 N–H and O–H groups in total. The summed E-state index contributed by atoms with van der Waals surface area (Å²) in [4.78, 5) is 0. The molecule has 0 aliphatic carbocycles. The number of ether oxygens (including phenoxy) is 4. The van der Waals surface area contributed by atoms with Crippen molar-refractivity contribution in [3.63, 3.8) is 0 Å². The van der Waals surface area contributed by atoms with Crippen LogP contribution in [0.15, 0.2) is 0 Å². The summed E-state index contributed by atoms with van der Waals surface area (Å²) in [5.74, 6) is 0. The van der Waals surface area contributed by atoms with Crippen molar-refractivity contribution in [3.05, 3.63) is 0 Å². The summed E-state index contributed by atoms with van der Waals surface area (Å²) < 4.78 is 20.1. The van der Waals surface area contributed by atoms with Gasteiger partial charge in [0.15, 0.2) is 0 Å². The normalized spacial score (nSPS) is 15.7. The molecule has 5 nitrogen and oxygen atoms in total. The molecule has 3 unspecified atom stereocenters. The lowest BCUT2D eigenvalue weighted by Crippen LogP contribution is -2.25. The van der Waals surface area contributed by atoms with Crippen LogP contribution in [0.5, 0.6) is 0 Å². The van der Waals surface area contributed by atoms with Gasteiger partial charge in [-0.3, -0.25) is 0 Å². The number of hydrogen-bond acceptors (Lipinski definition) is 5. The van der Waals surface area contributed by atoms with Gasteiger partial charge in [0.1, 0.15) is 0 Å². The Labute approximate surface area is 105 Å². The molecule has 0 heterocycles. The summed E-state index contributed by atoms with van der Waals surface area (Å²) in [6.07, 6.45) is 0.00946. The molecular formula is C12H28O5. The summed E-state index contributed by atoms with van der Waals surface area (Å²) in [6, 6.07) is 0. The zero-order valence-electron chi connectivity index (χ0n) is 11.9. The van der Waals surface area contributed by atoms with Gasteiger partial charge in [-0.05, 0) is 20.8 Å². The van der Waals surface area contributed by atoms with Crippen molar-refractivity contribution >= 4 is 0 Å². The number of hydrogen-bond donors (Lipinski definition) is 1. The molecule has 0 bridgehead atoms. The van der Waals surface area contributed by atoms with Gasteiger partial charge in [-0.25, -0.2) is 0 Å². The minimum Gasteiger partial charge on any atom is -0.394 e. The Bertz CT molecular complexity index is 129. The molecule has 0 rings (SSSR count). The van der Waals surface area contributed by atoms with E-state index in [-0.39, 0.29) is 24.9 Å². The van der Waals surface area contributed by atoms with Crippen molar-refractivity contribution < 1.29 is 24.1 Å². The van der Waals surface area contributed by atoms with Gasteiger partial charge in [0.2, 0.25) is 0 Å². The standard InChI is InChI=1S/C10H22O4.C2H6O/c1-8(5-11)13-7-10(3)14-6-9(2)12-4;1-3-2/h8-11H,5-7H2,1-4H3;1-2H3. The molecule has 0 amide bonds. The van der Waals surface area contributed by atoms with Crippen molar-refractivity contribution in [1.29, 1.82) is 0 Å². The number of aliphatic hydroxyl groups is 1. The predicted molar refractivity (Wildman–Crippen MR) is 67.3 cm³/mol. The third kappa shape index (κ3) is 15.8. The Kier molecular flexibility index (Phi) is 15.6. The van der Waals surface area contributed by atoms with Crippen LogP contribution in [0.3, 0.4) is 0 Å². The zero-order chi connectivity index (χ0) is 13.7. The minimum absolute atomic E-state index is 0.0293. The maximum absolute atomic E-state index is 8.72. The highest BCUT2D eigenvalue weighted by Crippen LogP contribution is 1.98. The fraction of sp³-hybridized carbons (Fsp3) is 1.00. The topological polar surface area (TPSA) is 57.2 Å². The van der Waals surface area contributed by atoms with Crippen LogP contribution in [0.25, 0.3) is 0 Å². The van der Waals surface area contributed by atoms with Crippen molar-refractivity contribution in [2.24, 2.45) is 0 Å². The lowest BCUT2D eigenvalue weighted by molar-refractivity contribution is -0.0677. The summed E-state index contributed by atoms with van der Waals surface area (Å²) in [7, 11) is 4.91. The van der Waals surface area contributed by atoms with Gasteiger partial charge >= 0.3 is 0 Å². The van der Waals surface area contributed by atoms with Gasteiger partial charge in [0, 0.05) is 21.3 Å². The summed E-state index contributed by atoms with van der Waals surface area (Å²) >= 11 is 0. The molecule has 0 aromatic rings. The van der Waals surface area contributed by atoms with E-state index in [1.165, 1.54) is 0 Å². The highest BCUT2D eigenvalue weighted by molar-refractivity contribution is 4.53. The molecule has 0 radical (unpaired) electrons. The fourth-order valence-electron chi connectivity index (χ4n) is 0.768. The average molecular weight is 252 g/mol. The second kappa shape index (κ2) is 13.9. The Balaban J connectivity index is 0. The monoisotopic (exact) mass is 252 g/mol. The quantitative estimate of drug-likeness (QED) is 0.700. The molecule has 0 aliphatic rings. The van der Waals surface area contributed by atoms with Crippen LogP contribution in [0.2, 0.25) is 0 Å². The number of rotatable bonds is 8. The van der Waals surface area contributed by atoms with Crippen LogP contribution in [0, 0.1) is 0 Å². The van der Waals surface area contributed by atoms with Crippen LogP contribution in [0.1, 0.15) is 20.8 Å². The molecule has 0 saturated heterocycles. The minimum atomic E-state index is -0.124. The molecule has 5 heteroatoms. The third-order valence-electron chi connectivity index (χ3n) is 1.89. The van der Waals surface area contributed by atoms with E-state index in [1.54, 1.807) is 21.3 Å². The van der Waals surface area contributed by atoms with Gasteiger partial charge in [-0.2, -0.15) is 0 Å². The van der Waals surface area contributed by atoms with E-state index in [2.05, 4.69) is 4.74 Å². The first-order valence-electron chi connectivity index (χ1n) is 5.78. The van der Waals surface area contributed by atoms with Gasteiger partial charge in [0.25, 0.3) is 0 Å². The molecule has 106 valence electrons. The van der Waals surface area contributed by atoms with Gasteiger partial charge in [-0.1, -0.05) is 0 Å². The van der Waals surface area contributed by atoms with Crippen molar-refractivity contribution in [3.8, 4) is 0 Å². The predicted octanol–water partition coefficient (Wildman–Crippen LogP) is 1.09. The average Bonchev–Trinajstić information content (AvgIpc) is 2.33. The first kappa shape index (κ1) is 19.1. The second-order valence-electron chi connectivity index (χ2n) is 3.93. The Hall–Kier alpha value is -0.200. The first-order chi connectivity index (χ1) is 8.01. The summed E-state index contributed by atoms with van der Waals surface area (Å²) in [5, 5.41) is 8.72. The Morgan fingerprint density at radius 2 is 1.24 bits per heavy atom. The first-order valence-corrected chi connectivity index (χ1v) is 5.78. The molecule has 0 aromatic carbocycles. The summed E-state index contributed by atoms with van der Waals surface area (Å²) in [5.41, 5.74) is 0. The molecule has 0 spiro atoms. The van der Waals surface area contributed by atoms with E-state index in [0.29, 0.717) is 13.2 Å². The van der Waals surface area contributed by atoms with E-state index in [9.17, 15) is 0 Å². The molecule has 0 aliphatic heterocycles. The molecule has 0 saturated carbocycles. The SMILES string of the molecule is COC.COC(C)COC(C)COC(C)CO. The molecular weight excluding hydrogens is 224 g/mol. The number of aliphatic hydroxyl groups excluding tert-OH is 1. The Morgan fingerprint density at radius 3 is 1.65 bits per heavy atom. The van der Waals surface area contributed by atoms with Crippen LogP contribution in [-0.4, -0.2) is 64.6 Å². The third-order valence-corrected chi connectivity index (χ3v) is 1.89. The molecule has 0 aromatic heterocycles. The number of methoxy groups -OCH3 is 2. The lowest BCUT2D eigenvalue weighted by atomic mass is 10.4. The van der Waals surface area contributed by atoms with E-state index >= 15 is 0 Å². The van der Waals surface area contributed by atoms with Crippen LogP contribution in [-0.2, 0) is 18.9 Å². The zero-order valence-corrected chi connectivity index (χ0v) is 11.9. The van der Waals surface area contributed by atoms with Crippen molar-refractivity contribution in [2.75, 3.05) is 41.2 Å². The van der Waals surface area contributed by atoms with E-state index in [1.807, 2.05) is 20.8 Å². The van der Waals surface area contributed by atoms with E-state index in [0.717, 1.165) is 0 Å². The van der Waals surface area contributed by atoms with Gasteiger partial charge in [0.05, 0.1) is 38.1 Å². The van der Waals surface area contributed by atoms with Crippen molar-refractivity contribution in [2.45, 2.75) is 39.1 Å². The second-order valence-corrected chi connectivity index (χ2v) is 3.93. The highest BCUT2D eigenvalue weighted by atomic mass is 16.6. The highest BCUT2D eigenvalue weighted by Gasteiger charge is 2.07. The van der Waals surface area contributed by atoms with Gasteiger partial charge < -0.3 is 24.1 Å². The maximum atomic E-state index is 8.72. The fourth-order valence-corrected chi connectivity index (χ4v) is 0.768. The smallest absolute Gasteiger partial charge is 0.0781 e. The van der Waals surface area contributed by atoms with Crippen LogP contribution < -0.4 is 0 Å². The molecule has 0 fully saturated rings. The Morgan fingerprint density at radius 1 is 0.824 bits per heavy atom.